The van der Waals surface area contributed by atoms with Crippen LogP contribution in [0, 0.1) is 5.92 Å². The fourth-order valence-corrected chi connectivity index (χ4v) is 0.966. The lowest BCUT2D eigenvalue weighted by Gasteiger charge is -2.07. The first kappa shape index (κ1) is 9.26. The van der Waals surface area contributed by atoms with Crippen molar-refractivity contribution in [2.24, 2.45) is 5.92 Å². The molecule has 1 atom stereocenters. The molecule has 0 spiro atoms. The molecule has 1 rings (SSSR count). The van der Waals surface area contributed by atoms with Gasteiger partial charge in [-0.3, -0.25) is 4.79 Å². The van der Waals surface area contributed by atoms with E-state index in [2.05, 4.69) is 5.10 Å². The summed E-state index contributed by atoms with van der Waals surface area (Å²) in [7, 11) is 0. The van der Waals surface area contributed by atoms with Crippen molar-refractivity contribution in [3.8, 4) is 0 Å². The minimum absolute atomic E-state index is 0.0746. The van der Waals surface area contributed by atoms with Crippen molar-refractivity contribution < 1.29 is 0 Å². The van der Waals surface area contributed by atoms with E-state index in [4.69, 9.17) is 11.6 Å². The van der Waals surface area contributed by atoms with Gasteiger partial charge in [0.15, 0.2) is 0 Å². The Morgan fingerprint density at radius 2 is 2.50 bits per heavy atom. The third kappa shape index (κ3) is 2.34. The molecular weight excluding hydrogens is 176 g/mol. The molecule has 12 heavy (non-hydrogen) atoms. The van der Waals surface area contributed by atoms with Crippen LogP contribution in [0.1, 0.15) is 6.92 Å². The van der Waals surface area contributed by atoms with Crippen molar-refractivity contribution in [2.45, 2.75) is 13.5 Å². The lowest BCUT2D eigenvalue weighted by Crippen LogP contribution is -2.24. The van der Waals surface area contributed by atoms with E-state index in [1.807, 2.05) is 6.92 Å². The highest BCUT2D eigenvalue weighted by molar-refractivity contribution is 6.18. The van der Waals surface area contributed by atoms with Gasteiger partial charge >= 0.3 is 0 Å². The zero-order valence-electron chi connectivity index (χ0n) is 6.90. The zero-order chi connectivity index (χ0) is 8.97. The molecule has 0 radical (unpaired) electrons. The molecule has 0 aliphatic heterocycles. The summed E-state index contributed by atoms with van der Waals surface area (Å²) in [5.74, 6) is 0.822. The van der Waals surface area contributed by atoms with Gasteiger partial charge in [0.1, 0.15) is 0 Å². The Morgan fingerprint density at radius 3 is 3.08 bits per heavy atom. The first-order valence-electron chi connectivity index (χ1n) is 3.82. The SMILES string of the molecule is CC(CCl)Cn1ncccc1=O. The molecule has 0 saturated heterocycles. The lowest BCUT2D eigenvalue weighted by molar-refractivity contribution is 0.467. The van der Waals surface area contributed by atoms with Crippen LogP contribution in [0.2, 0.25) is 0 Å². The Balaban J connectivity index is 2.76. The average molecular weight is 187 g/mol. The number of aromatic nitrogens is 2. The maximum Gasteiger partial charge on any atom is 0.266 e. The number of halogens is 1. The van der Waals surface area contributed by atoms with Gasteiger partial charge in [-0.1, -0.05) is 6.92 Å². The molecular formula is C8H11ClN2O. The van der Waals surface area contributed by atoms with Crippen molar-refractivity contribution in [1.82, 2.24) is 9.78 Å². The van der Waals surface area contributed by atoms with Crippen molar-refractivity contribution in [2.75, 3.05) is 5.88 Å². The van der Waals surface area contributed by atoms with Crippen LogP contribution in [-0.2, 0) is 6.54 Å². The Kier molecular flexibility index (Phi) is 3.29. The standard InChI is InChI=1S/C8H11ClN2O/c1-7(5-9)6-11-8(12)3-2-4-10-11/h2-4,7H,5-6H2,1H3. The minimum Gasteiger partial charge on any atom is -0.268 e. The van der Waals surface area contributed by atoms with Gasteiger partial charge in [0, 0.05) is 24.7 Å². The molecule has 0 bridgehead atoms. The third-order valence-electron chi connectivity index (χ3n) is 1.53. The van der Waals surface area contributed by atoms with Gasteiger partial charge in [-0.25, -0.2) is 4.68 Å². The second kappa shape index (κ2) is 4.26. The molecule has 66 valence electrons. The van der Waals surface area contributed by atoms with Crippen molar-refractivity contribution >= 4 is 11.6 Å². The predicted molar refractivity (Wildman–Crippen MR) is 48.4 cm³/mol. The highest BCUT2D eigenvalue weighted by Crippen LogP contribution is 1.98. The first-order chi connectivity index (χ1) is 5.74. The normalized spacial score (nSPS) is 12.8. The van der Waals surface area contributed by atoms with Gasteiger partial charge < -0.3 is 0 Å². The maximum atomic E-state index is 11.1. The molecule has 0 saturated carbocycles. The molecule has 1 heterocycles. The maximum absolute atomic E-state index is 11.1. The van der Waals surface area contributed by atoms with Crippen LogP contribution in [0.25, 0.3) is 0 Å². The molecule has 1 unspecified atom stereocenters. The van der Waals surface area contributed by atoms with E-state index >= 15 is 0 Å². The number of rotatable bonds is 3. The molecule has 0 aliphatic rings. The fraction of sp³-hybridized carbons (Fsp3) is 0.500. The van der Waals surface area contributed by atoms with Gasteiger partial charge in [0.2, 0.25) is 0 Å². The molecule has 0 N–H and O–H groups in total. The van der Waals surface area contributed by atoms with Crippen LogP contribution < -0.4 is 5.56 Å². The first-order valence-corrected chi connectivity index (χ1v) is 4.35. The minimum atomic E-state index is -0.0746. The van der Waals surface area contributed by atoms with Crippen LogP contribution >= 0.6 is 11.6 Å². The van der Waals surface area contributed by atoms with Gasteiger partial charge in [-0.15, -0.1) is 11.6 Å². The van der Waals surface area contributed by atoms with E-state index < -0.39 is 0 Å². The third-order valence-corrected chi connectivity index (χ3v) is 2.06. The summed E-state index contributed by atoms with van der Waals surface area (Å²) < 4.78 is 1.42. The average Bonchev–Trinajstić information content (AvgIpc) is 2.09. The van der Waals surface area contributed by atoms with E-state index in [-0.39, 0.29) is 11.5 Å². The topological polar surface area (TPSA) is 34.9 Å². The molecule has 1 aromatic heterocycles. The van der Waals surface area contributed by atoms with Crippen LogP contribution in [0.4, 0.5) is 0 Å². The lowest BCUT2D eigenvalue weighted by atomic mass is 10.2. The zero-order valence-corrected chi connectivity index (χ0v) is 7.66. The summed E-state index contributed by atoms with van der Waals surface area (Å²) in [6, 6.07) is 3.12. The van der Waals surface area contributed by atoms with Crippen molar-refractivity contribution in [3.05, 3.63) is 28.7 Å². The predicted octanol–water partition coefficient (Wildman–Crippen LogP) is 1.12. The molecule has 0 aliphatic carbocycles. The van der Waals surface area contributed by atoms with Crippen LogP contribution in [0.15, 0.2) is 23.1 Å². The van der Waals surface area contributed by atoms with Gasteiger partial charge in [0.25, 0.3) is 5.56 Å². The summed E-state index contributed by atoms with van der Waals surface area (Å²) in [6.07, 6.45) is 1.60. The van der Waals surface area contributed by atoms with Gasteiger partial charge in [-0.05, 0) is 12.0 Å². The second-order valence-corrected chi connectivity index (χ2v) is 3.11. The fourth-order valence-electron chi connectivity index (χ4n) is 0.868. The smallest absolute Gasteiger partial charge is 0.266 e. The van der Waals surface area contributed by atoms with E-state index in [0.717, 1.165) is 0 Å². The largest absolute Gasteiger partial charge is 0.268 e. The van der Waals surface area contributed by atoms with Crippen LogP contribution in [0.3, 0.4) is 0 Å². The second-order valence-electron chi connectivity index (χ2n) is 2.80. The van der Waals surface area contributed by atoms with Gasteiger partial charge in [-0.2, -0.15) is 5.10 Å². The number of nitrogens with zero attached hydrogens (tertiary/aromatic N) is 2. The van der Waals surface area contributed by atoms with Crippen molar-refractivity contribution in [3.63, 3.8) is 0 Å². The van der Waals surface area contributed by atoms with E-state index in [1.165, 1.54) is 10.7 Å². The van der Waals surface area contributed by atoms with E-state index in [0.29, 0.717) is 12.4 Å². The monoisotopic (exact) mass is 186 g/mol. The summed E-state index contributed by atoms with van der Waals surface area (Å²) in [6.45, 7) is 2.57. The molecule has 1 aromatic rings. The summed E-state index contributed by atoms with van der Waals surface area (Å²) in [5.41, 5.74) is -0.0746. The number of hydrogen-bond acceptors (Lipinski definition) is 2. The Morgan fingerprint density at radius 1 is 1.75 bits per heavy atom. The number of alkyl halides is 1. The molecule has 0 aromatic carbocycles. The van der Waals surface area contributed by atoms with E-state index in [1.54, 1.807) is 12.3 Å². The quantitative estimate of drug-likeness (QED) is 0.664. The van der Waals surface area contributed by atoms with Gasteiger partial charge in [0.05, 0.1) is 0 Å². The van der Waals surface area contributed by atoms with Crippen LogP contribution in [-0.4, -0.2) is 15.7 Å². The molecule has 0 fully saturated rings. The highest BCUT2D eigenvalue weighted by atomic mass is 35.5. The molecule has 0 amide bonds. The van der Waals surface area contributed by atoms with Crippen molar-refractivity contribution in [1.29, 1.82) is 0 Å². The summed E-state index contributed by atoms with van der Waals surface area (Å²) in [4.78, 5) is 11.1. The Labute approximate surface area is 76.0 Å². The summed E-state index contributed by atoms with van der Waals surface area (Å²) >= 11 is 5.61. The van der Waals surface area contributed by atoms with Crippen LogP contribution in [0.5, 0.6) is 0 Å². The summed E-state index contributed by atoms with van der Waals surface area (Å²) in [5, 5.41) is 3.91. The molecule has 3 nitrogen and oxygen atoms in total. The number of hydrogen-bond donors (Lipinski definition) is 0. The highest BCUT2D eigenvalue weighted by Gasteiger charge is 2.02. The Hall–Kier alpha value is -0.830. The Bertz CT molecular complexity index is 297. The molecule has 4 heteroatoms. The van der Waals surface area contributed by atoms with E-state index in [9.17, 15) is 4.79 Å².